The van der Waals surface area contributed by atoms with Crippen molar-refractivity contribution in [2.45, 2.75) is 84.1 Å². The second kappa shape index (κ2) is 12.7. The molecule has 1 saturated carbocycles. The summed E-state index contributed by atoms with van der Waals surface area (Å²) in [5, 5.41) is 4.31. The summed E-state index contributed by atoms with van der Waals surface area (Å²) in [6, 6.07) is 27.2. The molecule has 3 aromatic rings. The number of fused-ring (bicyclic) bond motifs is 3. The number of nitrogens with one attached hydrogen (secondary N) is 1. The maximum absolute atomic E-state index is 11.1. The SMILES string of the molecule is CC(C)(C)ON=C1c2ccccc2-c2ccccc21.CC(C)NS(=O)(=O)C1CC1.CC(C)c1ccccc1. The third-order valence-corrected chi connectivity index (χ3v) is 8.04. The minimum Gasteiger partial charge on any atom is -0.390 e. The van der Waals surface area contributed by atoms with Gasteiger partial charge in [-0.25, -0.2) is 13.1 Å². The second-order valence-corrected chi connectivity index (χ2v) is 13.3. The van der Waals surface area contributed by atoms with Gasteiger partial charge in [0.25, 0.3) is 0 Å². The van der Waals surface area contributed by atoms with E-state index in [9.17, 15) is 8.42 Å². The van der Waals surface area contributed by atoms with E-state index in [1.807, 2.05) is 52.8 Å². The number of benzene rings is 3. The van der Waals surface area contributed by atoms with Gasteiger partial charge in [0.2, 0.25) is 10.0 Å². The molecule has 0 aromatic heterocycles. The Balaban J connectivity index is 0.000000177. The molecule has 0 radical (unpaired) electrons. The van der Waals surface area contributed by atoms with E-state index < -0.39 is 10.0 Å². The molecule has 0 bridgehead atoms. The lowest BCUT2D eigenvalue weighted by Crippen LogP contribution is -2.32. The van der Waals surface area contributed by atoms with Crippen LogP contribution < -0.4 is 4.72 Å². The average Bonchev–Trinajstić information content (AvgIpc) is 3.67. The van der Waals surface area contributed by atoms with Crippen molar-refractivity contribution in [2.24, 2.45) is 5.16 Å². The number of sulfonamides is 1. The Hall–Kier alpha value is -2.96. The zero-order valence-corrected chi connectivity index (χ0v) is 24.5. The van der Waals surface area contributed by atoms with E-state index in [0.29, 0.717) is 5.92 Å². The summed E-state index contributed by atoms with van der Waals surface area (Å²) in [7, 11) is -2.94. The second-order valence-electron chi connectivity index (χ2n) is 11.3. The summed E-state index contributed by atoms with van der Waals surface area (Å²) in [4.78, 5) is 5.61. The molecule has 0 aliphatic heterocycles. The van der Waals surface area contributed by atoms with Crippen LogP contribution in [0.2, 0.25) is 0 Å². The van der Waals surface area contributed by atoms with Crippen LogP contribution in [0.25, 0.3) is 11.1 Å². The first kappa shape index (κ1) is 29.6. The molecule has 5 rings (SSSR count). The molecule has 5 nitrogen and oxygen atoms in total. The van der Waals surface area contributed by atoms with Gasteiger partial charge < -0.3 is 4.84 Å². The lowest BCUT2D eigenvalue weighted by atomic mass is 10.0. The van der Waals surface area contributed by atoms with Crippen LogP contribution in [-0.4, -0.2) is 31.0 Å². The summed E-state index contributed by atoms with van der Waals surface area (Å²) in [5.74, 6) is 0.659. The van der Waals surface area contributed by atoms with E-state index in [2.05, 4.69) is 84.4 Å². The topological polar surface area (TPSA) is 67.8 Å². The molecule has 204 valence electrons. The van der Waals surface area contributed by atoms with Crippen molar-refractivity contribution < 1.29 is 13.3 Å². The maximum Gasteiger partial charge on any atom is 0.214 e. The van der Waals surface area contributed by atoms with Gasteiger partial charge in [-0.1, -0.05) is 97.9 Å². The highest BCUT2D eigenvalue weighted by atomic mass is 32.2. The van der Waals surface area contributed by atoms with Gasteiger partial charge in [0, 0.05) is 17.2 Å². The summed E-state index contributed by atoms with van der Waals surface area (Å²) >= 11 is 0. The first-order valence-corrected chi connectivity index (χ1v) is 14.9. The molecule has 0 unspecified atom stereocenters. The third kappa shape index (κ3) is 8.53. The van der Waals surface area contributed by atoms with Crippen LogP contribution in [0.3, 0.4) is 0 Å². The Bertz CT molecular complexity index is 1270. The quantitative estimate of drug-likeness (QED) is 0.269. The molecule has 0 saturated heterocycles. The molecule has 3 aromatic carbocycles. The van der Waals surface area contributed by atoms with Crippen molar-refractivity contribution in [1.82, 2.24) is 4.72 Å². The van der Waals surface area contributed by atoms with Crippen molar-refractivity contribution in [3.8, 4) is 11.1 Å². The fraction of sp³-hybridized carbons (Fsp3) is 0.406. The zero-order valence-electron chi connectivity index (χ0n) is 23.7. The fourth-order valence-corrected chi connectivity index (χ4v) is 5.52. The number of hydrogen-bond donors (Lipinski definition) is 1. The maximum atomic E-state index is 11.1. The van der Waals surface area contributed by atoms with Gasteiger partial charge in [-0.15, -0.1) is 0 Å². The van der Waals surface area contributed by atoms with Crippen LogP contribution in [0.1, 0.15) is 83.9 Å². The number of hydrogen-bond acceptors (Lipinski definition) is 4. The smallest absolute Gasteiger partial charge is 0.214 e. The molecule has 38 heavy (non-hydrogen) atoms. The normalized spacial score (nSPS) is 14.1. The Labute approximate surface area is 229 Å². The number of oxime groups is 1. The van der Waals surface area contributed by atoms with Crippen LogP contribution in [0.15, 0.2) is 84.0 Å². The highest BCUT2D eigenvalue weighted by Gasteiger charge is 2.35. The van der Waals surface area contributed by atoms with E-state index in [4.69, 9.17) is 4.84 Å². The van der Waals surface area contributed by atoms with Gasteiger partial charge in [0.15, 0.2) is 0 Å². The molecular formula is C32H42N2O3S. The standard InChI is InChI=1S/C17H17NO.C9H12.C6H13NO2S/c1-17(2,3)19-18-16-14-10-6-4-8-12(14)13-9-5-7-11-15(13)16;1-8(2)9-6-4-3-5-7-9;1-5(2)7-10(8,9)6-3-4-6/h4-11H,1-3H3;3-8H,1-2H3;5-7H,3-4H2,1-2H3. The average molecular weight is 535 g/mol. The highest BCUT2D eigenvalue weighted by molar-refractivity contribution is 7.90. The molecule has 1 N–H and O–H groups in total. The molecule has 6 heteroatoms. The van der Waals surface area contributed by atoms with E-state index in [1.165, 1.54) is 16.7 Å². The summed E-state index contributed by atoms with van der Waals surface area (Å²) < 4.78 is 24.7. The van der Waals surface area contributed by atoms with Crippen molar-refractivity contribution >= 4 is 15.7 Å². The first-order chi connectivity index (χ1) is 17.9. The summed E-state index contributed by atoms with van der Waals surface area (Å²) in [6.45, 7) is 14.1. The monoisotopic (exact) mass is 534 g/mol. The van der Waals surface area contributed by atoms with Gasteiger partial charge in [-0.3, -0.25) is 0 Å². The van der Waals surface area contributed by atoms with E-state index in [0.717, 1.165) is 29.7 Å². The lowest BCUT2D eigenvalue weighted by molar-refractivity contribution is 0.00121. The third-order valence-electron chi connectivity index (χ3n) is 5.89. The largest absolute Gasteiger partial charge is 0.390 e. The van der Waals surface area contributed by atoms with Crippen molar-refractivity contribution in [3.05, 3.63) is 95.6 Å². The molecular weight excluding hydrogens is 492 g/mol. The Morgan fingerprint density at radius 1 is 0.763 bits per heavy atom. The van der Waals surface area contributed by atoms with Gasteiger partial charge in [-0.05, 0) is 70.1 Å². The van der Waals surface area contributed by atoms with Crippen LogP contribution in [0.5, 0.6) is 0 Å². The Morgan fingerprint density at radius 3 is 1.58 bits per heavy atom. The van der Waals surface area contributed by atoms with Crippen molar-refractivity contribution in [1.29, 1.82) is 0 Å². The molecule has 2 aliphatic carbocycles. The molecule has 0 spiro atoms. The lowest BCUT2D eigenvalue weighted by Gasteiger charge is -2.16. The summed E-state index contributed by atoms with van der Waals surface area (Å²) in [5.41, 5.74) is 6.82. The molecule has 0 amide bonds. The van der Waals surface area contributed by atoms with Gasteiger partial charge in [0.05, 0.1) is 5.25 Å². The van der Waals surface area contributed by atoms with Gasteiger partial charge >= 0.3 is 0 Å². The molecule has 2 aliphatic rings. The van der Waals surface area contributed by atoms with E-state index in [1.54, 1.807) is 0 Å². The predicted molar refractivity (Wildman–Crippen MR) is 159 cm³/mol. The van der Waals surface area contributed by atoms with Crippen LogP contribution in [0.4, 0.5) is 0 Å². The van der Waals surface area contributed by atoms with Crippen LogP contribution in [0, 0.1) is 0 Å². The van der Waals surface area contributed by atoms with E-state index in [-0.39, 0.29) is 16.9 Å². The fourth-order valence-electron chi connectivity index (χ4n) is 3.92. The summed E-state index contributed by atoms with van der Waals surface area (Å²) in [6.07, 6.45) is 1.67. The van der Waals surface area contributed by atoms with E-state index >= 15 is 0 Å². The highest BCUT2D eigenvalue weighted by Crippen LogP contribution is 2.36. The molecule has 0 heterocycles. The minimum atomic E-state index is -2.94. The minimum absolute atomic E-state index is 0.0330. The van der Waals surface area contributed by atoms with Crippen LogP contribution in [-0.2, 0) is 14.9 Å². The van der Waals surface area contributed by atoms with Crippen molar-refractivity contribution in [2.75, 3.05) is 0 Å². The zero-order chi connectivity index (χ0) is 27.9. The predicted octanol–water partition coefficient (Wildman–Crippen LogP) is 7.52. The Morgan fingerprint density at radius 2 is 1.21 bits per heavy atom. The van der Waals surface area contributed by atoms with Gasteiger partial charge in [0.1, 0.15) is 11.3 Å². The van der Waals surface area contributed by atoms with Crippen molar-refractivity contribution in [3.63, 3.8) is 0 Å². The number of nitrogens with zero attached hydrogens (tertiary/aromatic N) is 1. The number of rotatable bonds is 5. The van der Waals surface area contributed by atoms with Gasteiger partial charge in [-0.2, -0.15) is 0 Å². The first-order valence-electron chi connectivity index (χ1n) is 13.4. The molecule has 0 atom stereocenters. The molecule has 1 fully saturated rings. The Kier molecular flexibility index (Phi) is 9.91. The van der Waals surface area contributed by atoms with Crippen LogP contribution >= 0.6 is 0 Å².